The van der Waals surface area contributed by atoms with Crippen molar-refractivity contribution in [2.75, 3.05) is 32.0 Å². The number of nitrogens with one attached hydrogen (secondary N) is 2. The first-order valence-corrected chi connectivity index (χ1v) is 7.28. The average molecular weight is 275 g/mol. The van der Waals surface area contributed by atoms with E-state index in [0.717, 1.165) is 37.2 Å². The summed E-state index contributed by atoms with van der Waals surface area (Å²) in [5.74, 6) is 0.0728. The molecule has 0 radical (unpaired) electrons. The van der Waals surface area contributed by atoms with Gasteiger partial charge < -0.3 is 10.6 Å². The summed E-state index contributed by atoms with van der Waals surface area (Å²) in [7, 11) is 2.01. The standard InChI is InChI=1S/C16H25N3O/c1-13-5-4-6-14(11-13)18-15(20)12-19-9-7-16(2,17-3)8-10-19/h4-6,11,17H,7-10,12H2,1-3H3,(H,18,20). The largest absolute Gasteiger partial charge is 0.325 e. The molecule has 0 unspecified atom stereocenters. The molecule has 1 amide bonds. The van der Waals surface area contributed by atoms with E-state index in [4.69, 9.17) is 0 Å². The van der Waals surface area contributed by atoms with Gasteiger partial charge in [-0.1, -0.05) is 12.1 Å². The maximum atomic E-state index is 12.1. The lowest BCUT2D eigenvalue weighted by atomic mass is 9.90. The molecular formula is C16H25N3O. The van der Waals surface area contributed by atoms with E-state index in [0.29, 0.717) is 6.54 Å². The number of nitrogens with zero attached hydrogens (tertiary/aromatic N) is 1. The number of aryl methyl sites for hydroxylation is 1. The first-order chi connectivity index (χ1) is 9.50. The van der Waals surface area contributed by atoms with Crippen molar-refractivity contribution in [1.29, 1.82) is 0 Å². The van der Waals surface area contributed by atoms with Crippen LogP contribution in [0.4, 0.5) is 5.69 Å². The van der Waals surface area contributed by atoms with E-state index in [1.807, 2.05) is 38.2 Å². The third kappa shape index (κ3) is 4.05. The van der Waals surface area contributed by atoms with Gasteiger partial charge in [-0.05, 0) is 51.4 Å². The van der Waals surface area contributed by atoms with Crippen LogP contribution < -0.4 is 10.6 Å². The Morgan fingerprint density at radius 3 is 2.65 bits per heavy atom. The lowest BCUT2D eigenvalue weighted by Gasteiger charge is -2.39. The van der Waals surface area contributed by atoms with Gasteiger partial charge in [0.05, 0.1) is 6.54 Å². The minimum atomic E-state index is 0.0728. The summed E-state index contributed by atoms with van der Waals surface area (Å²) in [6.45, 7) is 6.70. The Morgan fingerprint density at radius 2 is 2.05 bits per heavy atom. The first-order valence-electron chi connectivity index (χ1n) is 7.28. The second-order valence-electron chi connectivity index (χ2n) is 6.00. The molecule has 0 aromatic heterocycles. The van der Waals surface area contributed by atoms with Gasteiger partial charge in [-0.3, -0.25) is 9.69 Å². The van der Waals surface area contributed by atoms with Gasteiger partial charge >= 0.3 is 0 Å². The maximum absolute atomic E-state index is 12.1. The van der Waals surface area contributed by atoms with Gasteiger partial charge in [-0.25, -0.2) is 0 Å². The van der Waals surface area contributed by atoms with Crippen LogP contribution in [0.2, 0.25) is 0 Å². The van der Waals surface area contributed by atoms with Crippen molar-refractivity contribution >= 4 is 11.6 Å². The van der Waals surface area contributed by atoms with E-state index in [1.165, 1.54) is 0 Å². The van der Waals surface area contributed by atoms with Crippen LogP contribution in [0.3, 0.4) is 0 Å². The molecule has 1 saturated heterocycles. The third-order valence-corrected chi connectivity index (χ3v) is 4.23. The summed E-state index contributed by atoms with van der Waals surface area (Å²) in [6, 6.07) is 7.91. The Labute approximate surface area is 121 Å². The van der Waals surface area contributed by atoms with Crippen molar-refractivity contribution in [1.82, 2.24) is 10.2 Å². The molecule has 0 bridgehead atoms. The van der Waals surface area contributed by atoms with Crippen LogP contribution in [-0.2, 0) is 4.79 Å². The molecular weight excluding hydrogens is 250 g/mol. The molecule has 1 aliphatic heterocycles. The molecule has 110 valence electrons. The monoisotopic (exact) mass is 275 g/mol. The number of carbonyl (C=O) groups is 1. The van der Waals surface area contributed by atoms with E-state index < -0.39 is 0 Å². The van der Waals surface area contributed by atoms with Crippen LogP contribution >= 0.6 is 0 Å². The predicted molar refractivity (Wildman–Crippen MR) is 82.9 cm³/mol. The van der Waals surface area contributed by atoms with E-state index in [1.54, 1.807) is 0 Å². The molecule has 2 N–H and O–H groups in total. The molecule has 20 heavy (non-hydrogen) atoms. The fourth-order valence-electron chi connectivity index (χ4n) is 2.58. The summed E-state index contributed by atoms with van der Waals surface area (Å²) in [5.41, 5.74) is 2.27. The maximum Gasteiger partial charge on any atom is 0.238 e. The molecule has 1 heterocycles. The van der Waals surface area contributed by atoms with Crippen LogP contribution in [0.1, 0.15) is 25.3 Å². The average Bonchev–Trinajstić information content (AvgIpc) is 2.42. The SMILES string of the molecule is CNC1(C)CCN(CC(=O)Nc2cccc(C)c2)CC1. The highest BCUT2D eigenvalue weighted by Gasteiger charge is 2.28. The second-order valence-corrected chi connectivity index (χ2v) is 6.00. The molecule has 1 aliphatic rings. The molecule has 0 saturated carbocycles. The first kappa shape index (κ1) is 15.0. The van der Waals surface area contributed by atoms with E-state index in [2.05, 4.69) is 22.5 Å². The quantitative estimate of drug-likeness (QED) is 0.883. The number of hydrogen-bond donors (Lipinski definition) is 2. The summed E-state index contributed by atoms with van der Waals surface area (Å²) in [4.78, 5) is 14.3. The van der Waals surface area contributed by atoms with E-state index in [9.17, 15) is 4.79 Å². The highest BCUT2D eigenvalue weighted by atomic mass is 16.2. The topological polar surface area (TPSA) is 44.4 Å². The molecule has 1 fully saturated rings. The van der Waals surface area contributed by atoms with Gasteiger partial charge in [-0.15, -0.1) is 0 Å². The lowest BCUT2D eigenvalue weighted by molar-refractivity contribution is -0.117. The number of piperidine rings is 1. The molecule has 4 heteroatoms. The third-order valence-electron chi connectivity index (χ3n) is 4.23. The van der Waals surface area contributed by atoms with Gasteiger partial charge in [0.1, 0.15) is 0 Å². The smallest absolute Gasteiger partial charge is 0.238 e. The van der Waals surface area contributed by atoms with Crippen molar-refractivity contribution < 1.29 is 4.79 Å². The molecule has 2 rings (SSSR count). The molecule has 0 aliphatic carbocycles. The van der Waals surface area contributed by atoms with Gasteiger partial charge in [0.25, 0.3) is 0 Å². The van der Waals surface area contributed by atoms with Crippen LogP contribution in [0, 0.1) is 6.92 Å². The number of benzene rings is 1. The summed E-state index contributed by atoms with van der Waals surface area (Å²) in [5, 5.41) is 6.34. The molecule has 1 aromatic rings. The summed E-state index contributed by atoms with van der Waals surface area (Å²) in [6.07, 6.45) is 2.17. The Morgan fingerprint density at radius 1 is 1.35 bits per heavy atom. The summed E-state index contributed by atoms with van der Waals surface area (Å²) >= 11 is 0. The molecule has 4 nitrogen and oxygen atoms in total. The van der Waals surface area contributed by atoms with E-state index >= 15 is 0 Å². The molecule has 0 spiro atoms. The Bertz CT molecular complexity index is 465. The van der Waals surface area contributed by atoms with Crippen LogP contribution in [-0.4, -0.2) is 43.0 Å². The second kappa shape index (κ2) is 6.37. The highest BCUT2D eigenvalue weighted by Crippen LogP contribution is 2.20. The van der Waals surface area contributed by atoms with Crippen molar-refractivity contribution in [2.45, 2.75) is 32.2 Å². The minimum Gasteiger partial charge on any atom is -0.325 e. The van der Waals surface area contributed by atoms with Gasteiger partial charge in [-0.2, -0.15) is 0 Å². The molecule has 1 aromatic carbocycles. The zero-order valence-electron chi connectivity index (χ0n) is 12.7. The fourth-order valence-corrected chi connectivity index (χ4v) is 2.58. The Balaban J connectivity index is 1.81. The lowest BCUT2D eigenvalue weighted by Crippen LogP contribution is -2.51. The zero-order valence-corrected chi connectivity index (χ0v) is 12.7. The number of amides is 1. The van der Waals surface area contributed by atoms with Gasteiger partial charge in [0, 0.05) is 24.3 Å². The fraction of sp³-hybridized carbons (Fsp3) is 0.562. The van der Waals surface area contributed by atoms with Crippen LogP contribution in [0.5, 0.6) is 0 Å². The zero-order chi connectivity index (χ0) is 14.6. The normalized spacial score (nSPS) is 18.8. The van der Waals surface area contributed by atoms with Crippen molar-refractivity contribution in [3.63, 3.8) is 0 Å². The number of hydrogen-bond acceptors (Lipinski definition) is 3. The van der Waals surface area contributed by atoms with Crippen LogP contribution in [0.25, 0.3) is 0 Å². The molecule has 0 atom stereocenters. The Kier molecular flexibility index (Phi) is 4.78. The van der Waals surface area contributed by atoms with Gasteiger partial charge in [0.15, 0.2) is 0 Å². The Hall–Kier alpha value is -1.39. The van der Waals surface area contributed by atoms with Crippen molar-refractivity contribution in [3.8, 4) is 0 Å². The minimum absolute atomic E-state index is 0.0728. The van der Waals surface area contributed by atoms with Crippen molar-refractivity contribution in [2.24, 2.45) is 0 Å². The number of likely N-dealkylation sites (tertiary alicyclic amines) is 1. The number of carbonyl (C=O) groups excluding carboxylic acids is 1. The highest BCUT2D eigenvalue weighted by molar-refractivity contribution is 5.92. The summed E-state index contributed by atoms with van der Waals surface area (Å²) < 4.78 is 0. The van der Waals surface area contributed by atoms with Crippen LogP contribution in [0.15, 0.2) is 24.3 Å². The van der Waals surface area contributed by atoms with Gasteiger partial charge in [0.2, 0.25) is 5.91 Å². The predicted octanol–water partition coefficient (Wildman–Crippen LogP) is 2.01. The number of anilines is 1. The number of rotatable bonds is 4. The van der Waals surface area contributed by atoms with E-state index in [-0.39, 0.29) is 11.4 Å². The van der Waals surface area contributed by atoms with Crippen molar-refractivity contribution in [3.05, 3.63) is 29.8 Å².